The summed E-state index contributed by atoms with van der Waals surface area (Å²) in [5.41, 5.74) is 0.256. The summed E-state index contributed by atoms with van der Waals surface area (Å²) in [7, 11) is 1.53. The van der Waals surface area contributed by atoms with Crippen LogP contribution in [0.1, 0.15) is 22.2 Å². The van der Waals surface area contributed by atoms with Crippen LogP contribution in [0, 0.1) is 0 Å². The molecule has 6 heteroatoms. The fourth-order valence-electron chi connectivity index (χ4n) is 1.94. The number of benzene rings is 1. The van der Waals surface area contributed by atoms with Crippen molar-refractivity contribution < 1.29 is 14.6 Å². The first-order valence-electron chi connectivity index (χ1n) is 6.45. The third-order valence-corrected chi connectivity index (χ3v) is 4.69. The zero-order valence-corrected chi connectivity index (χ0v) is 14.2. The van der Waals surface area contributed by atoms with Crippen LogP contribution < -0.4 is 4.74 Å². The number of carbonyl (C=O) groups excluding carboxylic acids is 1. The van der Waals surface area contributed by atoms with E-state index >= 15 is 0 Å². The molecule has 1 heterocycles. The average Bonchev–Trinajstić information content (AvgIpc) is 2.90. The Bertz CT molecular complexity index is 642. The van der Waals surface area contributed by atoms with Gasteiger partial charge in [-0.3, -0.25) is 4.79 Å². The lowest BCUT2D eigenvalue weighted by atomic mass is 10.1. The van der Waals surface area contributed by atoms with E-state index in [1.807, 2.05) is 19.1 Å². The van der Waals surface area contributed by atoms with Gasteiger partial charge in [-0.05, 0) is 53.2 Å². The summed E-state index contributed by atoms with van der Waals surface area (Å²) in [6.45, 7) is 2.99. The van der Waals surface area contributed by atoms with Crippen LogP contribution in [0.2, 0.25) is 0 Å². The molecule has 0 saturated carbocycles. The van der Waals surface area contributed by atoms with Crippen LogP contribution >= 0.6 is 27.3 Å². The van der Waals surface area contributed by atoms with Gasteiger partial charge in [-0.2, -0.15) is 0 Å². The Hall–Kier alpha value is -1.53. The monoisotopic (exact) mass is 369 g/mol. The Morgan fingerprint density at radius 3 is 2.71 bits per heavy atom. The van der Waals surface area contributed by atoms with E-state index in [2.05, 4.69) is 15.9 Å². The number of hydrogen-bond donors (Lipinski definition) is 1. The first-order valence-corrected chi connectivity index (χ1v) is 8.06. The van der Waals surface area contributed by atoms with Crippen LogP contribution in [0.15, 0.2) is 34.1 Å². The van der Waals surface area contributed by atoms with Gasteiger partial charge in [0.2, 0.25) is 0 Å². The van der Waals surface area contributed by atoms with Gasteiger partial charge in [-0.25, -0.2) is 0 Å². The topological polar surface area (TPSA) is 49.8 Å². The highest BCUT2D eigenvalue weighted by molar-refractivity contribution is 9.11. The number of hydrogen-bond acceptors (Lipinski definition) is 4. The minimum atomic E-state index is -0.210. The Morgan fingerprint density at radius 1 is 1.38 bits per heavy atom. The molecule has 2 rings (SSSR count). The van der Waals surface area contributed by atoms with E-state index in [0.717, 1.165) is 8.66 Å². The number of thiophene rings is 1. The van der Waals surface area contributed by atoms with Gasteiger partial charge in [-0.15, -0.1) is 11.3 Å². The minimum Gasteiger partial charge on any atom is -0.507 e. The molecule has 0 unspecified atom stereocenters. The van der Waals surface area contributed by atoms with E-state index in [-0.39, 0.29) is 17.2 Å². The number of rotatable bonds is 5. The van der Waals surface area contributed by atoms with Crippen molar-refractivity contribution in [3.63, 3.8) is 0 Å². The van der Waals surface area contributed by atoms with Crippen molar-refractivity contribution in [1.82, 2.24) is 4.90 Å². The van der Waals surface area contributed by atoms with Gasteiger partial charge < -0.3 is 14.7 Å². The second-order valence-electron chi connectivity index (χ2n) is 4.41. The van der Waals surface area contributed by atoms with Gasteiger partial charge in [0.05, 0.1) is 23.0 Å². The van der Waals surface area contributed by atoms with E-state index in [1.54, 1.807) is 28.4 Å². The standard InChI is InChI=1S/C15H16BrNO3S/c1-3-17(9-11-5-7-14(16)21-11)15(19)12-8-10(20-2)4-6-13(12)18/h4-8,18H,3,9H2,1-2H3. The Kier molecular flexibility index (Phi) is 5.25. The zero-order valence-electron chi connectivity index (χ0n) is 11.8. The highest BCUT2D eigenvalue weighted by Crippen LogP contribution is 2.27. The molecule has 0 fully saturated rings. The van der Waals surface area contributed by atoms with Gasteiger partial charge in [-0.1, -0.05) is 0 Å². The summed E-state index contributed by atoms with van der Waals surface area (Å²) in [5.74, 6) is 0.302. The first-order chi connectivity index (χ1) is 10.0. The van der Waals surface area contributed by atoms with Crippen molar-refractivity contribution in [3.05, 3.63) is 44.6 Å². The maximum Gasteiger partial charge on any atom is 0.258 e. The number of aromatic hydroxyl groups is 1. The molecule has 4 nitrogen and oxygen atoms in total. The molecule has 0 bridgehead atoms. The molecular formula is C15H16BrNO3S. The summed E-state index contributed by atoms with van der Waals surface area (Å²) in [5, 5.41) is 9.91. The lowest BCUT2D eigenvalue weighted by molar-refractivity contribution is 0.0750. The number of ether oxygens (including phenoxy) is 1. The lowest BCUT2D eigenvalue weighted by Gasteiger charge is -2.21. The van der Waals surface area contributed by atoms with Crippen LogP contribution in [0.3, 0.4) is 0 Å². The summed E-state index contributed by atoms with van der Waals surface area (Å²) < 4.78 is 6.14. The van der Waals surface area contributed by atoms with Gasteiger partial charge in [0.15, 0.2) is 0 Å². The van der Waals surface area contributed by atoms with Crippen molar-refractivity contribution in [2.45, 2.75) is 13.5 Å². The maximum absolute atomic E-state index is 12.6. The van der Waals surface area contributed by atoms with Crippen molar-refractivity contribution in [1.29, 1.82) is 0 Å². The predicted octanol–water partition coefficient (Wildman–Crippen LogP) is 3.89. The second-order valence-corrected chi connectivity index (χ2v) is 6.96. The summed E-state index contributed by atoms with van der Waals surface area (Å²) >= 11 is 5.01. The quantitative estimate of drug-likeness (QED) is 0.869. The number of halogens is 1. The molecule has 1 aromatic carbocycles. The van der Waals surface area contributed by atoms with E-state index < -0.39 is 0 Å². The molecule has 112 valence electrons. The number of amides is 1. The molecule has 1 amide bonds. The van der Waals surface area contributed by atoms with E-state index in [0.29, 0.717) is 18.8 Å². The van der Waals surface area contributed by atoms with Gasteiger partial charge in [0.25, 0.3) is 5.91 Å². The maximum atomic E-state index is 12.6. The summed E-state index contributed by atoms with van der Waals surface area (Å²) in [4.78, 5) is 15.3. The highest BCUT2D eigenvalue weighted by Gasteiger charge is 2.19. The third kappa shape index (κ3) is 3.77. The summed E-state index contributed by atoms with van der Waals surface area (Å²) in [6, 6.07) is 8.60. The predicted molar refractivity (Wildman–Crippen MR) is 87.1 cm³/mol. The molecule has 0 saturated heterocycles. The fourth-order valence-corrected chi connectivity index (χ4v) is 3.43. The third-order valence-electron chi connectivity index (χ3n) is 3.08. The van der Waals surface area contributed by atoms with E-state index in [1.165, 1.54) is 13.2 Å². The molecule has 0 spiro atoms. The van der Waals surface area contributed by atoms with Gasteiger partial charge in [0.1, 0.15) is 11.5 Å². The van der Waals surface area contributed by atoms with Gasteiger partial charge >= 0.3 is 0 Å². The second kappa shape index (κ2) is 6.95. The van der Waals surface area contributed by atoms with Crippen molar-refractivity contribution in [2.24, 2.45) is 0 Å². The molecule has 0 radical (unpaired) electrons. The molecule has 2 aromatic rings. The summed E-state index contributed by atoms with van der Waals surface area (Å²) in [6.07, 6.45) is 0. The normalized spacial score (nSPS) is 10.4. The molecule has 0 aliphatic carbocycles. The van der Waals surface area contributed by atoms with E-state index in [4.69, 9.17) is 4.74 Å². The Balaban J connectivity index is 2.23. The van der Waals surface area contributed by atoms with Crippen LogP contribution in [0.25, 0.3) is 0 Å². The molecule has 1 aromatic heterocycles. The fraction of sp³-hybridized carbons (Fsp3) is 0.267. The largest absolute Gasteiger partial charge is 0.507 e. The number of phenolic OH excluding ortho intramolecular Hbond substituents is 1. The number of phenols is 1. The highest BCUT2D eigenvalue weighted by atomic mass is 79.9. The average molecular weight is 370 g/mol. The van der Waals surface area contributed by atoms with E-state index in [9.17, 15) is 9.90 Å². The van der Waals surface area contributed by atoms with Crippen molar-refractivity contribution in [2.75, 3.05) is 13.7 Å². The smallest absolute Gasteiger partial charge is 0.258 e. The van der Waals surface area contributed by atoms with Crippen LogP contribution in [-0.4, -0.2) is 29.6 Å². The van der Waals surface area contributed by atoms with Crippen LogP contribution in [-0.2, 0) is 6.54 Å². The van der Waals surface area contributed by atoms with Crippen LogP contribution in [0.4, 0.5) is 0 Å². The Morgan fingerprint density at radius 2 is 2.14 bits per heavy atom. The van der Waals surface area contributed by atoms with Crippen molar-refractivity contribution >= 4 is 33.2 Å². The number of nitrogens with zero attached hydrogens (tertiary/aromatic N) is 1. The lowest BCUT2D eigenvalue weighted by Crippen LogP contribution is -2.30. The van der Waals surface area contributed by atoms with Crippen molar-refractivity contribution in [3.8, 4) is 11.5 Å². The molecule has 1 N–H and O–H groups in total. The first kappa shape index (κ1) is 15.9. The van der Waals surface area contributed by atoms with Gasteiger partial charge in [0, 0.05) is 11.4 Å². The molecule has 0 aliphatic rings. The number of carbonyl (C=O) groups is 1. The molecule has 0 atom stereocenters. The minimum absolute atomic E-state index is 0.0355. The molecule has 21 heavy (non-hydrogen) atoms. The number of methoxy groups -OCH3 is 1. The zero-order chi connectivity index (χ0) is 15.4. The molecule has 0 aliphatic heterocycles. The SMILES string of the molecule is CCN(Cc1ccc(Br)s1)C(=O)c1cc(OC)ccc1O. The Labute approximate surface area is 136 Å². The molecular weight excluding hydrogens is 354 g/mol. The van der Waals surface area contributed by atoms with Crippen LogP contribution in [0.5, 0.6) is 11.5 Å².